The summed E-state index contributed by atoms with van der Waals surface area (Å²) in [7, 11) is 2.15. The zero-order valence-electron chi connectivity index (χ0n) is 22.7. The van der Waals surface area contributed by atoms with Gasteiger partial charge in [-0.3, -0.25) is 4.79 Å². The average molecular weight is 541 g/mol. The Bertz CT molecular complexity index is 1680. The van der Waals surface area contributed by atoms with Gasteiger partial charge < -0.3 is 25.0 Å². The van der Waals surface area contributed by atoms with Gasteiger partial charge in [-0.1, -0.05) is 6.08 Å². The van der Waals surface area contributed by atoms with E-state index in [4.69, 9.17) is 14.7 Å². The molecule has 11 heteroatoms. The van der Waals surface area contributed by atoms with Gasteiger partial charge in [0.05, 0.1) is 6.54 Å². The normalized spacial score (nSPS) is 21.4. The molecule has 0 bridgehead atoms. The van der Waals surface area contributed by atoms with E-state index in [9.17, 15) is 9.90 Å². The lowest BCUT2D eigenvalue weighted by atomic mass is 9.94. The van der Waals surface area contributed by atoms with Gasteiger partial charge >= 0.3 is 0 Å². The van der Waals surface area contributed by atoms with Gasteiger partial charge in [0.25, 0.3) is 5.56 Å². The minimum atomic E-state index is -1.22. The van der Waals surface area contributed by atoms with Crippen molar-refractivity contribution in [2.24, 2.45) is 0 Å². The second-order valence-electron chi connectivity index (χ2n) is 11.1. The van der Waals surface area contributed by atoms with E-state index in [2.05, 4.69) is 45.9 Å². The van der Waals surface area contributed by atoms with Crippen molar-refractivity contribution in [3.05, 3.63) is 71.3 Å². The first kappa shape index (κ1) is 24.8. The molecule has 11 nitrogen and oxygen atoms in total. The first-order valence-electron chi connectivity index (χ1n) is 13.6. The van der Waals surface area contributed by atoms with E-state index >= 15 is 0 Å². The Balaban J connectivity index is 1.24. The number of pyridine rings is 1. The van der Waals surface area contributed by atoms with Crippen molar-refractivity contribution in [3.63, 3.8) is 0 Å². The fourth-order valence-electron chi connectivity index (χ4n) is 5.77. The number of likely N-dealkylation sites (N-methyl/N-ethyl adjacent to an activating group) is 1. The van der Waals surface area contributed by atoms with Crippen molar-refractivity contribution in [1.29, 1.82) is 0 Å². The summed E-state index contributed by atoms with van der Waals surface area (Å²) in [5.41, 5.74) is 0.820. The van der Waals surface area contributed by atoms with Crippen LogP contribution in [0.25, 0.3) is 16.9 Å². The van der Waals surface area contributed by atoms with Gasteiger partial charge in [0, 0.05) is 43.8 Å². The zero-order chi connectivity index (χ0) is 27.6. The number of ether oxygens (including phenoxy) is 1. The minimum absolute atomic E-state index is 0.248. The van der Waals surface area contributed by atoms with Gasteiger partial charge in [0.15, 0.2) is 11.5 Å². The van der Waals surface area contributed by atoms with Gasteiger partial charge in [-0.05, 0) is 63.2 Å². The predicted octanol–water partition coefficient (Wildman–Crippen LogP) is 2.79. The minimum Gasteiger partial charge on any atom is -0.482 e. The molecule has 0 amide bonds. The van der Waals surface area contributed by atoms with Crippen molar-refractivity contribution >= 4 is 28.4 Å². The van der Waals surface area contributed by atoms with Crippen LogP contribution in [-0.2, 0) is 12.1 Å². The molecular formula is C29H32N8O3. The molecule has 1 saturated carbocycles. The lowest BCUT2D eigenvalue weighted by Gasteiger charge is -2.34. The Labute approximate surface area is 231 Å². The molecule has 1 saturated heterocycles. The van der Waals surface area contributed by atoms with E-state index in [-0.39, 0.29) is 12.1 Å². The number of allylic oxidation sites excluding steroid dienone is 1. The fourth-order valence-corrected chi connectivity index (χ4v) is 5.77. The molecule has 206 valence electrons. The van der Waals surface area contributed by atoms with Crippen LogP contribution >= 0.6 is 0 Å². The van der Waals surface area contributed by atoms with Crippen molar-refractivity contribution in [2.75, 3.05) is 43.4 Å². The first-order valence-corrected chi connectivity index (χ1v) is 13.6. The van der Waals surface area contributed by atoms with Crippen LogP contribution in [0, 0.1) is 0 Å². The summed E-state index contributed by atoms with van der Waals surface area (Å²) in [5, 5.41) is 14.9. The number of nitrogens with zero attached hydrogens (tertiary/aromatic N) is 7. The van der Waals surface area contributed by atoms with Crippen LogP contribution < -0.4 is 20.5 Å². The maximum absolute atomic E-state index is 13.3. The smallest absolute Gasteiger partial charge is 0.278 e. The molecule has 40 heavy (non-hydrogen) atoms. The molecule has 1 aromatic carbocycles. The molecule has 2 aliphatic heterocycles. The molecule has 1 aliphatic carbocycles. The van der Waals surface area contributed by atoms with E-state index in [1.807, 2.05) is 12.1 Å². The number of fused-ring (bicyclic) bond motifs is 2. The summed E-state index contributed by atoms with van der Waals surface area (Å²) < 4.78 is 9.26. The summed E-state index contributed by atoms with van der Waals surface area (Å²) in [4.78, 5) is 32.0. The number of hydrogen-bond acceptors (Lipinski definition) is 9. The largest absolute Gasteiger partial charge is 0.482 e. The number of hydrogen-bond donors (Lipinski definition) is 2. The Hall–Kier alpha value is -4.22. The lowest BCUT2D eigenvalue weighted by Crippen LogP contribution is -2.44. The summed E-state index contributed by atoms with van der Waals surface area (Å²) >= 11 is 0. The van der Waals surface area contributed by atoms with E-state index < -0.39 is 11.2 Å². The molecule has 7 rings (SSSR count). The van der Waals surface area contributed by atoms with Crippen molar-refractivity contribution < 1.29 is 9.84 Å². The first-order chi connectivity index (χ1) is 19.3. The van der Waals surface area contributed by atoms with Crippen molar-refractivity contribution in [1.82, 2.24) is 29.2 Å². The third-order valence-corrected chi connectivity index (χ3v) is 8.39. The van der Waals surface area contributed by atoms with E-state index in [0.29, 0.717) is 34.2 Å². The van der Waals surface area contributed by atoms with Crippen LogP contribution in [0.2, 0.25) is 0 Å². The van der Waals surface area contributed by atoms with Crippen LogP contribution in [0.4, 0.5) is 17.3 Å². The standard InChI is InChI=1S/C29H32N8O3/c1-4-13-36-26(38)21-18-30-27(31-19-5-7-20(8-6-19)35-16-14-34(3)15-17-35)33-25(21)37(36)23-10-9-22-24(32-23)28(2,39)29(40-22)11-12-29/h4-10,18,39H,1,11-17H2,2-3H3,(H,30,31,33)/t28-/m0/s1. The van der Waals surface area contributed by atoms with Gasteiger partial charge in [0.1, 0.15) is 28.0 Å². The van der Waals surface area contributed by atoms with E-state index in [1.54, 1.807) is 29.8 Å². The van der Waals surface area contributed by atoms with Gasteiger partial charge in [-0.25, -0.2) is 19.3 Å². The summed E-state index contributed by atoms with van der Waals surface area (Å²) in [5.74, 6) is 1.38. The highest BCUT2D eigenvalue weighted by Crippen LogP contribution is 2.59. The number of aliphatic hydroxyl groups is 1. The quantitative estimate of drug-likeness (QED) is 0.357. The maximum Gasteiger partial charge on any atom is 0.278 e. The molecular weight excluding hydrogens is 508 g/mol. The van der Waals surface area contributed by atoms with Crippen LogP contribution in [0.3, 0.4) is 0 Å². The number of rotatable bonds is 6. The topological polar surface area (TPSA) is 114 Å². The van der Waals surface area contributed by atoms with Crippen LogP contribution in [0.1, 0.15) is 25.5 Å². The third-order valence-electron chi connectivity index (χ3n) is 8.39. The molecule has 4 aromatic rings. The number of anilines is 3. The molecule has 0 unspecified atom stereocenters. The van der Waals surface area contributed by atoms with Gasteiger partial charge in [-0.15, -0.1) is 6.58 Å². The molecule has 2 N–H and O–H groups in total. The predicted molar refractivity (Wildman–Crippen MR) is 153 cm³/mol. The average Bonchev–Trinajstić information content (AvgIpc) is 3.65. The number of aromatic nitrogens is 5. The molecule has 1 atom stereocenters. The number of benzene rings is 1. The summed E-state index contributed by atoms with van der Waals surface area (Å²) in [6, 6.07) is 11.8. The monoisotopic (exact) mass is 540 g/mol. The van der Waals surface area contributed by atoms with Crippen LogP contribution in [0.5, 0.6) is 5.75 Å². The van der Waals surface area contributed by atoms with E-state index in [1.165, 1.54) is 16.6 Å². The summed E-state index contributed by atoms with van der Waals surface area (Å²) in [6.45, 7) is 9.91. The molecule has 1 spiro atoms. The molecule has 3 aromatic heterocycles. The van der Waals surface area contributed by atoms with Crippen molar-refractivity contribution in [3.8, 4) is 11.6 Å². The SMILES string of the molecule is C=CCn1c(=O)c2cnc(Nc3ccc(N4CCN(C)CC4)cc3)nc2n1-c1ccc2c(n1)[C@](C)(O)C1(CC1)O2. The van der Waals surface area contributed by atoms with Crippen molar-refractivity contribution in [2.45, 2.75) is 37.5 Å². The fraction of sp³-hybridized carbons (Fsp3) is 0.379. The van der Waals surface area contributed by atoms with Gasteiger partial charge in [-0.2, -0.15) is 4.98 Å². The zero-order valence-corrected chi connectivity index (χ0v) is 22.7. The molecule has 2 fully saturated rings. The Morgan fingerprint density at radius 1 is 1.10 bits per heavy atom. The Morgan fingerprint density at radius 2 is 1.85 bits per heavy atom. The molecule has 5 heterocycles. The maximum atomic E-state index is 13.3. The molecule has 3 aliphatic rings. The summed E-state index contributed by atoms with van der Waals surface area (Å²) in [6.07, 6.45) is 4.74. The Kier molecular flexibility index (Phi) is 5.52. The van der Waals surface area contributed by atoms with Crippen LogP contribution in [0.15, 0.2) is 60.0 Å². The second kappa shape index (κ2) is 8.90. The highest BCUT2D eigenvalue weighted by molar-refractivity contribution is 5.77. The number of nitrogens with one attached hydrogen (secondary N) is 1. The second-order valence-corrected chi connectivity index (χ2v) is 11.1. The third kappa shape index (κ3) is 3.80. The number of piperazine rings is 1. The highest BCUT2D eigenvalue weighted by Gasteiger charge is 2.65. The highest BCUT2D eigenvalue weighted by atomic mass is 16.5. The van der Waals surface area contributed by atoms with Gasteiger partial charge in [0.2, 0.25) is 5.95 Å². The van der Waals surface area contributed by atoms with E-state index in [0.717, 1.165) is 44.7 Å². The Morgan fingerprint density at radius 3 is 2.55 bits per heavy atom. The lowest BCUT2D eigenvalue weighted by molar-refractivity contribution is -0.0434. The van der Waals surface area contributed by atoms with Crippen LogP contribution in [-0.4, -0.2) is 73.1 Å². The molecule has 0 radical (unpaired) electrons.